The molecule has 0 aliphatic heterocycles. The highest BCUT2D eigenvalue weighted by Gasteiger charge is 2.26. The SMILES string of the molecule is Cl.Cn1cc(-c2cn3nccc3c(-c3ccc(CN(C(=O)O)C(C)(C)C)nc3)n2)cn1.Cn1cc(-c2cn3nccc3c(-c3ccc(CN)nc3)n2)cn1. The molecule has 276 valence electrons. The molecule has 0 aliphatic carbocycles. The Balaban J connectivity index is 0.000000187. The standard InChI is InChI=1S/C21H23N7O2.C16H15N7.ClH/c1-21(2,3)27(20(29)30)12-16-6-5-14(9-22-16)19-18-7-8-23-28(18)13-17(25-19)15-10-24-26(4)11-15;1-22-9-12(8-20-22)14-10-23-15(4-5-19-23)16(21-14)11-2-3-13(6-17)18-7-11;/h5-11,13H,12H2,1-4H3,(H,29,30);2-5,7-10H,6,17H2,1H3;1H. The zero-order valence-corrected chi connectivity index (χ0v) is 31.1. The van der Waals surface area contributed by atoms with E-state index in [9.17, 15) is 9.90 Å². The smallest absolute Gasteiger partial charge is 0.408 e. The molecule has 0 unspecified atom stereocenters. The van der Waals surface area contributed by atoms with Crippen LogP contribution in [0.25, 0.3) is 56.1 Å². The van der Waals surface area contributed by atoms with Crippen molar-refractivity contribution in [2.75, 3.05) is 0 Å². The van der Waals surface area contributed by atoms with Gasteiger partial charge in [0.2, 0.25) is 0 Å². The Hall–Kier alpha value is -6.52. The fourth-order valence-electron chi connectivity index (χ4n) is 5.76. The maximum Gasteiger partial charge on any atom is 0.408 e. The van der Waals surface area contributed by atoms with Crippen molar-refractivity contribution in [3.8, 4) is 45.0 Å². The summed E-state index contributed by atoms with van der Waals surface area (Å²) in [5, 5.41) is 26.6. The molecule has 1 amide bonds. The molecule has 54 heavy (non-hydrogen) atoms. The zero-order chi connectivity index (χ0) is 37.3. The largest absolute Gasteiger partial charge is 0.465 e. The first-order valence-corrected chi connectivity index (χ1v) is 16.7. The van der Waals surface area contributed by atoms with Crippen LogP contribution in [0.2, 0.25) is 0 Å². The Morgan fingerprint density at radius 2 is 1.17 bits per heavy atom. The second-order valence-corrected chi connectivity index (χ2v) is 13.4. The van der Waals surface area contributed by atoms with E-state index in [4.69, 9.17) is 15.7 Å². The Morgan fingerprint density at radius 3 is 1.54 bits per heavy atom. The third kappa shape index (κ3) is 7.79. The maximum atomic E-state index is 11.6. The molecule has 0 aliphatic rings. The topological polar surface area (TPSA) is 188 Å². The van der Waals surface area contributed by atoms with Gasteiger partial charge in [-0.25, -0.2) is 23.8 Å². The number of carbonyl (C=O) groups is 1. The monoisotopic (exact) mass is 746 g/mol. The predicted octanol–water partition coefficient (Wildman–Crippen LogP) is 5.54. The molecule has 8 aromatic heterocycles. The molecule has 0 aromatic carbocycles. The molecule has 0 bridgehead atoms. The third-order valence-corrected chi connectivity index (χ3v) is 8.55. The van der Waals surface area contributed by atoms with E-state index in [0.717, 1.165) is 61.8 Å². The number of hydrogen-bond donors (Lipinski definition) is 2. The molecule has 17 heteroatoms. The van der Waals surface area contributed by atoms with Crippen LogP contribution in [0.1, 0.15) is 32.2 Å². The number of halogens is 1. The number of carboxylic acid groups (broad SMARTS) is 1. The maximum absolute atomic E-state index is 11.6. The summed E-state index contributed by atoms with van der Waals surface area (Å²) < 4.78 is 7.08. The number of aromatic nitrogens is 12. The van der Waals surface area contributed by atoms with Crippen LogP contribution in [0.4, 0.5) is 4.79 Å². The Kier molecular flexibility index (Phi) is 10.5. The van der Waals surface area contributed by atoms with Crippen molar-refractivity contribution < 1.29 is 9.90 Å². The summed E-state index contributed by atoms with van der Waals surface area (Å²) in [6.07, 6.45) is 17.2. The van der Waals surface area contributed by atoms with Crippen LogP contribution in [0, 0.1) is 0 Å². The second kappa shape index (κ2) is 15.2. The van der Waals surface area contributed by atoms with E-state index < -0.39 is 11.6 Å². The number of nitrogens with two attached hydrogens (primary N) is 1. The highest BCUT2D eigenvalue weighted by molar-refractivity contribution is 5.85. The molecule has 0 spiro atoms. The molecule has 8 rings (SSSR count). The van der Waals surface area contributed by atoms with Crippen LogP contribution in [0.5, 0.6) is 0 Å². The molecule has 0 saturated carbocycles. The molecule has 0 radical (unpaired) electrons. The van der Waals surface area contributed by atoms with Gasteiger partial charge in [0.15, 0.2) is 0 Å². The summed E-state index contributed by atoms with van der Waals surface area (Å²) in [6.45, 7) is 6.22. The number of nitrogens with zero attached hydrogens (tertiary/aromatic N) is 13. The number of pyridine rings is 2. The van der Waals surface area contributed by atoms with Gasteiger partial charge in [-0.3, -0.25) is 24.2 Å². The van der Waals surface area contributed by atoms with E-state index in [0.29, 0.717) is 12.2 Å². The van der Waals surface area contributed by atoms with Crippen LogP contribution in [-0.2, 0) is 27.2 Å². The van der Waals surface area contributed by atoms with Crippen LogP contribution in [0.15, 0.2) is 98.4 Å². The van der Waals surface area contributed by atoms with Gasteiger partial charge in [-0.15, -0.1) is 12.4 Å². The molecule has 3 N–H and O–H groups in total. The average molecular weight is 747 g/mol. The van der Waals surface area contributed by atoms with Gasteiger partial charge in [0.25, 0.3) is 0 Å². The minimum Gasteiger partial charge on any atom is -0.465 e. The summed E-state index contributed by atoms with van der Waals surface area (Å²) in [5.41, 5.74) is 15.1. The van der Waals surface area contributed by atoms with Crippen LogP contribution in [0.3, 0.4) is 0 Å². The van der Waals surface area contributed by atoms with Crippen molar-refractivity contribution in [3.05, 3.63) is 110 Å². The van der Waals surface area contributed by atoms with Crippen molar-refractivity contribution in [1.29, 1.82) is 0 Å². The summed E-state index contributed by atoms with van der Waals surface area (Å²) in [5.74, 6) is 0. The molecule has 8 heterocycles. The predicted molar refractivity (Wildman–Crippen MR) is 205 cm³/mol. The van der Waals surface area contributed by atoms with Crippen LogP contribution >= 0.6 is 12.4 Å². The first-order valence-electron chi connectivity index (χ1n) is 16.7. The quantitative estimate of drug-likeness (QED) is 0.208. The fourth-order valence-corrected chi connectivity index (χ4v) is 5.76. The van der Waals surface area contributed by atoms with E-state index in [-0.39, 0.29) is 19.0 Å². The van der Waals surface area contributed by atoms with E-state index in [1.54, 1.807) is 51.1 Å². The fraction of sp³-hybridized carbons (Fsp3) is 0.216. The highest BCUT2D eigenvalue weighted by atomic mass is 35.5. The second-order valence-electron chi connectivity index (χ2n) is 13.4. The van der Waals surface area contributed by atoms with Gasteiger partial charge in [-0.05, 0) is 57.2 Å². The lowest BCUT2D eigenvalue weighted by molar-refractivity contribution is 0.0947. The van der Waals surface area contributed by atoms with Crippen molar-refractivity contribution in [3.63, 3.8) is 0 Å². The van der Waals surface area contributed by atoms with Gasteiger partial charge >= 0.3 is 6.09 Å². The Labute approximate surface area is 316 Å². The third-order valence-electron chi connectivity index (χ3n) is 8.55. The van der Waals surface area contributed by atoms with Crippen molar-refractivity contribution in [1.82, 2.24) is 63.6 Å². The average Bonchev–Trinajstić information content (AvgIpc) is 3.98. The van der Waals surface area contributed by atoms with E-state index in [2.05, 4.69) is 30.4 Å². The first kappa shape index (κ1) is 37.2. The molecular weight excluding hydrogens is 708 g/mol. The molecule has 8 aromatic rings. The molecule has 0 saturated heterocycles. The number of fused-ring (bicyclic) bond motifs is 2. The van der Waals surface area contributed by atoms with Gasteiger partial charge < -0.3 is 10.8 Å². The summed E-state index contributed by atoms with van der Waals surface area (Å²) in [4.78, 5) is 31.4. The number of amides is 1. The summed E-state index contributed by atoms with van der Waals surface area (Å²) in [7, 11) is 3.74. The minimum atomic E-state index is -0.972. The number of hydrogen-bond acceptors (Lipinski definition) is 10. The zero-order valence-electron chi connectivity index (χ0n) is 30.3. The molecule has 0 fully saturated rings. The van der Waals surface area contributed by atoms with Gasteiger partial charge in [0, 0.05) is 73.2 Å². The number of rotatable bonds is 7. The van der Waals surface area contributed by atoms with Crippen molar-refractivity contribution in [2.45, 2.75) is 39.4 Å². The van der Waals surface area contributed by atoms with Crippen molar-refractivity contribution >= 4 is 29.5 Å². The molecule has 0 atom stereocenters. The normalized spacial score (nSPS) is 11.3. The van der Waals surface area contributed by atoms with Gasteiger partial charge in [-0.2, -0.15) is 20.4 Å². The van der Waals surface area contributed by atoms with E-state index in [1.807, 2.05) is 101 Å². The van der Waals surface area contributed by atoms with Crippen molar-refractivity contribution in [2.24, 2.45) is 19.8 Å². The molecule has 16 nitrogen and oxygen atoms in total. The Morgan fingerprint density at radius 1 is 0.685 bits per heavy atom. The minimum absolute atomic E-state index is 0. The van der Waals surface area contributed by atoms with E-state index in [1.165, 1.54) is 4.90 Å². The Bertz CT molecular complexity index is 2530. The first-order chi connectivity index (χ1) is 25.5. The lowest BCUT2D eigenvalue weighted by Crippen LogP contribution is -2.44. The lowest BCUT2D eigenvalue weighted by atomic mass is 10.1. The molecular formula is C37H39ClN14O2. The van der Waals surface area contributed by atoms with Crippen LogP contribution < -0.4 is 5.73 Å². The summed E-state index contributed by atoms with van der Waals surface area (Å²) >= 11 is 0. The highest BCUT2D eigenvalue weighted by Crippen LogP contribution is 2.28. The van der Waals surface area contributed by atoms with Crippen LogP contribution in [-0.4, -0.2) is 80.4 Å². The summed E-state index contributed by atoms with van der Waals surface area (Å²) in [6, 6.07) is 11.5. The van der Waals surface area contributed by atoms with Gasteiger partial charge in [-0.1, -0.05) is 0 Å². The van der Waals surface area contributed by atoms with Gasteiger partial charge in [0.1, 0.15) is 0 Å². The number of aryl methyl sites for hydroxylation is 2. The van der Waals surface area contributed by atoms with E-state index >= 15 is 0 Å². The lowest BCUT2D eigenvalue weighted by Gasteiger charge is -2.32. The van der Waals surface area contributed by atoms with Gasteiger partial charge in [0.05, 0.1) is 88.9 Å².